The van der Waals surface area contributed by atoms with E-state index in [-0.39, 0.29) is 12.1 Å². The molecule has 0 radical (unpaired) electrons. The Morgan fingerprint density at radius 3 is 2.76 bits per heavy atom. The third kappa shape index (κ3) is 4.30. The molecule has 0 unspecified atom stereocenters. The molecule has 0 aliphatic carbocycles. The molecular formula is C13H19F2NO. The number of hydrogen-bond donors (Lipinski definition) is 1. The molecule has 1 N–H and O–H groups in total. The lowest BCUT2D eigenvalue weighted by Gasteiger charge is -2.17. The molecule has 0 bridgehead atoms. The number of alkyl halides is 2. The van der Waals surface area contributed by atoms with Crippen LogP contribution in [0.5, 0.6) is 5.75 Å². The molecule has 0 saturated heterocycles. The van der Waals surface area contributed by atoms with Crippen molar-refractivity contribution in [3.63, 3.8) is 0 Å². The first kappa shape index (κ1) is 13.9. The number of benzene rings is 1. The lowest BCUT2D eigenvalue weighted by molar-refractivity contribution is -0.00148. The van der Waals surface area contributed by atoms with Crippen molar-refractivity contribution in [2.75, 3.05) is 20.2 Å². The SMILES string of the molecule is CCCCOc1cccc(C(F)(F)CNC)c1. The van der Waals surface area contributed by atoms with Gasteiger partial charge in [0.05, 0.1) is 13.2 Å². The summed E-state index contributed by atoms with van der Waals surface area (Å²) in [7, 11) is 1.51. The van der Waals surface area contributed by atoms with E-state index in [1.807, 2.05) is 0 Å². The van der Waals surface area contributed by atoms with Crippen LogP contribution in [0.4, 0.5) is 8.78 Å². The van der Waals surface area contributed by atoms with Crippen LogP contribution in [-0.4, -0.2) is 20.2 Å². The van der Waals surface area contributed by atoms with Gasteiger partial charge in [0.25, 0.3) is 5.92 Å². The van der Waals surface area contributed by atoms with Crippen molar-refractivity contribution in [3.8, 4) is 5.75 Å². The van der Waals surface area contributed by atoms with Gasteiger partial charge in [-0.25, -0.2) is 0 Å². The van der Waals surface area contributed by atoms with Crippen molar-refractivity contribution >= 4 is 0 Å². The standard InChI is InChI=1S/C13H19F2NO/c1-3-4-8-17-12-7-5-6-11(9-12)13(14,15)10-16-2/h5-7,9,16H,3-4,8,10H2,1-2H3. The predicted molar refractivity (Wildman–Crippen MR) is 64.7 cm³/mol. The molecule has 0 amide bonds. The molecular weight excluding hydrogens is 224 g/mol. The molecule has 0 atom stereocenters. The Balaban J connectivity index is 2.71. The Hall–Kier alpha value is -1.16. The third-order valence-corrected chi connectivity index (χ3v) is 2.42. The summed E-state index contributed by atoms with van der Waals surface area (Å²) in [6.45, 7) is 2.25. The summed E-state index contributed by atoms with van der Waals surface area (Å²) in [4.78, 5) is 0. The van der Waals surface area contributed by atoms with Gasteiger partial charge in [-0.2, -0.15) is 8.78 Å². The fraction of sp³-hybridized carbons (Fsp3) is 0.538. The number of hydrogen-bond acceptors (Lipinski definition) is 2. The van der Waals surface area contributed by atoms with Crippen LogP contribution in [0.1, 0.15) is 25.3 Å². The molecule has 96 valence electrons. The summed E-state index contributed by atoms with van der Waals surface area (Å²) in [6.07, 6.45) is 1.95. The summed E-state index contributed by atoms with van der Waals surface area (Å²) >= 11 is 0. The minimum absolute atomic E-state index is 0.0131. The fourth-order valence-corrected chi connectivity index (χ4v) is 1.47. The minimum atomic E-state index is -2.86. The van der Waals surface area contributed by atoms with Gasteiger partial charge >= 0.3 is 0 Å². The van der Waals surface area contributed by atoms with Gasteiger partial charge in [0.15, 0.2) is 0 Å². The largest absolute Gasteiger partial charge is 0.494 e. The molecule has 0 fully saturated rings. The Kier molecular flexibility index (Phi) is 5.35. The van der Waals surface area contributed by atoms with Gasteiger partial charge in [-0.15, -0.1) is 0 Å². The van der Waals surface area contributed by atoms with Gasteiger partial charge in [-0.05, 0) is 25.6 Å². The quantitative estimate of drug-likeness (QED) is 0.743. The van der Waals surface area contributed by atoms with E-state index in [0.29, 0.717) is 12.4 Å². The average molecular weight is 243 g/mol. The maximum atomic E-state index is 13.6. The topological polar surface area (TPSA) is 21.3 Å². The zero-order valence-corrected chi connectivity index (χ0v) is 10.3. The maximum absolute atomic E-state index is 13.6. The highest BCUT2D eigenvalue weighted by Crippen LogP contribution is 2.29. The van der Waals surface area contributed by atoms with E-state index in [9.17, 15) is 8.78 Å². The second kappa shape index (κ2) is 6.55. The van der Waals surface area contributed by atoms with Gasteiger partial charge in [0.2, 0.25) is 0 Å². The van der Waals surface area contributed by atoms with Crippen molar-refractivity contribution in [3.05, 3.63) is 29.8 Å². The lowest BCUT2D eigenvalue weighted by atomic mass is 10.1. The molecule has 0 aliphatic rings. The number of likely N-dealkylation sites (N-methyl/N-ethyl adjacent to an activating group) is 1. The zero-order valence-electron chi connectivity index (χ0n) is 10.3. The molecule has 1 aromatic carbocycles. The van der Waals surface area contributed by atoms with Crippen LogP contribution in [0, 0.1) is 0 Å². The normalized spacial score (nSPS) is 11.5. The van der Waals surface area contributed by atoms with E-state index in [1.54, 1.807) is 12.1 Å². The Morgan fingerprint density at radius 2 is 2.12 bits per heavy atom. The third-order valence-electron chi connectivity index (χ3n) is 2.42. The first-order valence-corrected chi connectivity index (χ1v) is 5.86. The second-order valence-electron chi connectivity index (χ2n) is 3.96. The maximum Gasteiger partial charge on any atom is 0.285 e. The van der Waals surface area contributed by atoms with Gasteiger partial charge in [0.1, 0.15) is 5.75 Å². The van der Waals surface area contributed by atoms with Crippen LogP contribution in [0.25, 0.3) is 0 Å². The van der Waals surface area contributed by atoms with E-state index in [4.69, 9.17) is 4.74 Å². The van der Waals surface area contributed by atoms with E-state index in [1.165, 1.54) is 19.2 Å². The van der Waals surface area contributed by atoms with Crippen molar-refractivity contribution in [1.82, 2.24) is 5.32 Å². The highest BCUT2D eigenvalue weighted by molar-refractivity contribution is 5.31. The Labute approximate surface area is 101 Å². The van der Waals surface area contributed by atoms with E-state index in [2.05, 4.69) is 12.2 Å². The monoisotopic (exact) mass is 243 g/mol. The molecule has 4 heteroatoms. The number of nitrogens with one attached hydrogen (secondary N) is 1. The summed E-state index contributed by atoms with van der Waals surface area (Å²) in [5.41, 5.74) is -0.0131. The van der Waals surface area contributed by atoms with Crippen molar-refractivity contribution < 1.29 is 13.5 Å². The summed E-state index contributed by atoms with van der Waals surface area (Å²) in [5.74, 6) is -2.36. The van der Waals surface area contributed by atoms with Crippen LogP contribution in [0.2, 0.25) is 0 Å². The van der Waals surface area contributed by atoms with Crippen molar-refractivity contribution in [1.29, 1.82) is 0 Å². The fourth-order valence-electron chi connectivity index (χ4n) is 1.47. The first-order valence-electron chi connectivity index (χ1n) is 5.86. The van der Waals surface area contributed by atoms with E-state index in [0.717, 1.165) is 12.8 Å². The summed E-state index contributed by atoms with van der Waals surface area (Å²) < 4.78 is 32.6. The second-order valence-corrected chi connectivity index (χ2v) is 3.96. The van der Waals surface area contributed by atoms with Crippen LogP contribution < -0.4 is 10.1 Å². The molecule has 2 nitrogen and oxygen atoms in total. The molecule has 17 heavy (non-hydrogen) atoms. The Bertz CT molecular complexity index is 342. The molecule has 0 aromatic heterocycles. The summed E-state index contributed by atoms with van der Waals surface area (Å²) in [5, 5.41) is 2.49. The van der Waals surface area contributed by atoms with E-state index >= 15 is 0 Å². The molecule has 0 heterocycles. The van der Waals surface area contributed by atoms with Gasteiger partial charge in [-0.3, -0.25) is 0 Å². The number of unbranched alkanes of at least 4 members (excludes halogenated alkanes) is 1. The van der Waals surface area contributed by atoms with E-state index < -0.39 is 5.92 Å². The predicted octanol–water partition coefficient (Wildman–Crippen LogP) is 3.18. The molecule has 0 saturated carbocycles. The first-order chi connectivity index (χ1) is 8.10. The number of rotatable bonds is 7. The molecule has 0 spiro atoms. The van der Waals surface area contributed by atoms with Gasteiger partial charge < -0.3 is 10.1 Å². The number of ether oxygens (including phenoxy) is 1. The minimum Gasteiger partial charge on any atom is -0.494 e. The smallest absolute Gasteiger partial charge is 0.285 e. The summed E-state index contributed by atoms with van der Waals surface area (Å²) in [6, 6.07) is 6.13. The lowest BCUT2D eigenvalue weighted by Crippen LogP contribution is -2.28. The average Bonchev–Trinajstić information content (AvgIpc) is 2.30. The van der Waals surface area contributed by atoms with Crippen molar-refractivity contribution in [2.24, 2.45) is 0 Å². The van der Waals surface area contributed by atoms with Crippen LogP contribution in [0.15, 0.2) is 24.3 Å². The highest BCUT2D eigenvalue weighted by atomic mass is 19.3. The highest BCUT2D eigenvalue weighted by Gasteiger charge is 2.30. The van der Waals surface area contributed by atoms with Gasteiger partial charge in [-0.1, -0.05) is 25.5 Å². The Morgan fingerprint density at radius 1 is 1.35 bits per heavy atom. The van der Waals surface area contributed by atoms with Crippen molar-refractivity contribution in [2.45, 2.75) is 25.7 Å². The van der Waals surface area contributed by atoms with Crippen LogP contribution >= 0.6 is 0 Å². The van der Waals surface area contributed by atoms with Crippen LogP contribution in [-0.2, 0) is 5.92 Å². The molecule has 1 aromatic rings. The molecule has 0 aliphatic heterocycles. The molecule has 1 rings (SSSR count). The zero-order chi connectivity index (χ0) is 12.7. The van der Waals surface area contributed by atoms with Gasteiger partial charge in [0, 0.05) is 5.56 Å². The number of halogens is 2. The van der Waals surface area contributed by atoms with Crippen LogP contribution in [0.3, 0.4) is 0 Å².